The summed E-state index contributed by atoms with van der Waals surface area (Å²) in [5.41, 5.74) is 8.06. The second kappa shape index (κ2) is 9.84. The molecule has 0 saturated carbocycles. The normalized spacial score (nSPS) is 9.14. The molecule has 0 aliphatic heterocycles. The molecular formula is C10H16N2O2. The molecular weight excluding hydrogens is 180 g/mol. The van der Waals surface area contributed by atoms with Gasteiger partial charge in [-0.2, -0.15) is 4.79 Å². The average Bonchev–Trinajstić information content (AvgIpc) is 2.17. The van der Waals surface area contributed by atoms with Gasteiger partial charge in [0.1, 0.15) is 0 Å². The Kier molecular flexibility index (Phi) is 8.96. The zero-order valence-corrected chi connectivity index (χ0v) is 8.32. The van der Waals surface area contributed by atoms with E-state index in [1.165, 1.54) is 0 Å². The van der Waals surface area contributed by atoms with E-state index in [-0.39, 0.29) is 5.78 Å². The lowest BCUT2D eigenvalue weighted by Gasteiger charge is -1.99. The third kappa shape index (κ3) is 8.84. The molecule has 14 heavy (non-hydrogen) atoms. The SMILES string of the molecule is C=CCOCCCCCC(=O)C=[N+]=[N-]. The molecule has 0 aromatic rings. The van der Waals surface area contributed by atoms with Crippen LogP contribution in [0.25, 0.3) is 5.53 Å². The molecule has 0 spiro atoms. The molecule has 78 valence electrons. The minimum atomic E-state index is -0.139. The number of carbonyl (C=O) groups excluding carboxylic acids is 1. The molecule has 0 aromatic carbocycles. The Bertz CT molecular complexity index is 220. The molecule has 0 rings (SSSR count). The van der Waals surface area contributed by atoms with Crippen LogP contribution >= 0.6 is 0 Å². The van der Waals surface area contributed by atoms with Crippen molar-refractivity contribution in [2.45, 2.75) is 25.7 Å². The Morgan fingerprint density at radius 2 is 2.21 bits per heavy atom. The fourth-order valence-corrected chi connectivity index (χ4v) is 0.976. The average molecular weight is 196 g/mol. The molecule has 0 N–H and O–H groups in total. The van der Waals surface area contributed by atoms with Gasteiger partial charge in [-0.1, -0.05) is 12.5 Å². The van der Waals surface area contributed by atoms with Crippen LogP contribution in [-0.4, -0.2) is 30.0 Å². The fourth-order valence-electron chi connectivity index (χ4n) is 0.976. The summed E-state index contributed by atoms with van der Waals surface area (Å²) >= 11 is 0. The monoisotopic (exact) mass is 196 g/mol. The van der Waals surface area contributed by atoms with Crippen molar-refractivity contribution in [2.24, 2.45) is 0 Å². The van der Waals surface area contributed by atoms with E-state index in [0.717, 1.165) is 25.5 Å². The molecule has 0 bridgehead atoms. The molecule has 0 aliphatic carbocycles. The molecule has 0 amide bonds. The van der Waals surface area contributed by atoms with Gasteiger partial charge >= 0.3 is 6.21 Å². The van der Waals surface area contributed by atoms with Gasteiger partial charge in [0, 0.05) is 13.0 Å². The number of hydrogen-bond acceptors (Lipinski definition) is 2. The van der Waals surface area contributed by atoms with E-state index >= 15 is 0 Å². The van der Waals surface area contributed by atoms with Crippen LogP contribution < -0.4 is 0 Å². The maximum Gasteiger partial charge on any atom is 0.323 e. The second-order valence-electron chi connectivity index (χ2n) is 2.89. The molecule has 0 fully saturated rings. The van der Waals surface area contributed by atoms with Gasteiger partial charge in [-0.3, -0.25) is 4.79 Å². The van der Waals surface area contributed by atoms with Crippen molar-refractivity contribution in [2.75, 3.05) is 13.2 Å². The van der Waals surface area contributed by atoms with Crippen LogP contribution in [0.3, 0.4) is 0 Å². The van der Waals surface area contributed by atoms with E-state index in [1.807, 2.05) is 0 Å². The van der Waals surface area contributed by atoms with E-state index in [0.29, 0.717) is 19.6 Å². The third-order valence-corrected chi connectivity index (χ3v) is 1.65. The zero-order valence-electron chi connectivity index (χ0n) is 8.32. The van der Waals surface area contributed by atoms with Crippen molar-refractivity contribution >= 4 is 12.0 Å². The maximum atomic E-state index is 10.8. The number of ketones is 1. The minimum Gasteiger partial charge on any atom is -0.377 e. The first-order chi connectivity index (χ1) is 6.81. The lowest BCUT2D eigenvalue weighted by molar-refractivity contribution is -0.116. The van der Waals surface area contributed by atoms with Gasteiger partial charge in [0.05, 0.1) is 6.61 Å². The molecule has 0 unspecified atom stereocenters. The first-order valence-electron chi connectivity index (χ1n) is 4.70. The maximum absolute atomic E-state index is 10.8. The predicted molar refractivity (Wildman–Crippen MR) is 54.2 cm³/mol. The summed E-state index contributed by atoms with van der Waals surface area (Å²) in [4.78, 5) is 13.5. The second-order valence-corrected chi connectivity index (χ2v) is 2.89. The molecule has 0 heterocycles. The van der Waals surface area contributed by atoms with Crippen LogP contribution in [0.15, 0.2) is 12.7 Å². The Labute approximate surface area is 84.2 Å². The highest BCUT2D eigenvalue weighted by atomic mass is 16.5. The smallest absolute Gasteiger partial charge is 0.323 e. The summed E-state index contributed by atoms with van der Waals surface area (Å²) in [5, 5.41) is 0. The quantitative estimate of drug-likeness (QED) is 0.185. The van der Waals surface area contributed by atoms with Gasteiger partial charge in [0.2, 0.25) is 5.78 Å². The van der Waals surface area contributed by atoms with Crippen LogP contribution in [0, 0.1) is 0 Å². The van der Waals surface area contributed by atoms with Crippen LogP contribution in [0.4, 0.5) is 0 Å². The van der Waals surface area contributed by atoms with Crippen molar-refractivity contribution in [1.29, 1.82) is 0 Å². The molecule has 0 saturated heterocycles. The summed E-state index contributed by atoms with van der Waals surface area (Å²) < 4.78 is 5.17. The molecule has 0 atom stereocenters. The van der Waals surface area contributed by atoms with Crippen molar-refractivity contribution in [3.05, 3.63) is 18.2 Å². The van der Waals surface area contributed by atoms with Gasteiger partial charge in [-0.05, 0) is 12.8 Å². The fraction of sp³-hybridized carbons (Fsp3) is 0.600. The Morgan fingerprint density at radius 1 is 1.43 bits per heavy atom. The van der Waals surface area contributed by atoms with E-state index in [2.05, 4.69) is 11.4 Å². The standard InChI is InChI=1S/C10H16N2O2/c1-2-7-14-8-5-3-4-6-10(13)9-12-11/h2,9H,1,3-8H2. The number of Topliss-reactive ketones (excluding diaryl/α,β-unsaturated/α-hetero) is 1. The van der Waals surface area contributed by atoms with E-state index in [1.54, 1.807) is 6.08 Å². The van der Waals surface area contributed by atoms with Crippen LogP contribution in [0.5, 0.6) is 0 Å². The third-order valence-electron chi connectivity index (χ3n) is 1.65. The highest BCUT2D eigenvalue weighted by molar-refractivity contribution is 6.25. The van der Waals surface area contributed by atoms with Gasteiger partial charge in [0.15, 0.2) is 0 Å². The van der Waals surface area contributed by atoms with Gasteiger partial charge < -0.3 is 10.3 Å². The zero-order chi connectivity index (χ0) is 10.6. The van der Waals surface area contributed by atoms with E-state index in [9.17, 15) is 4.79 Å². The Hall–Kier alpha value is -1.25. The lowest BCUT2D eigenvalue weighted by Crippen LogP contribution is -2.00. The number of rotatable bonds is 9. The number of unbranched alkanes of at least 4 members (excludes halogenated alkanes) is 2. The number of nitrogens with zero attached hydrogens (tertiary/aromatic N) is 2. The lowest BCUT2D eigenvalue weighted by atomic mass is 10.1. The van der Waals surface area contributed by atoms with E-state index < -0.39 is 0 Å². The highest BCUT2D eigenvalue weighted by Crippen LogP contribution is 2.00. The summed E-state index contributed by atoms with van der Waals surface area (Å²) in [7, 11) is 0. The summed E-state index contributed by atoms with van der Waals surface area (Å²) in [6.07, 6.45) is 5.78. The molecule has 0 radical (unpaired) electrons. The predicted octanol–water partition coefficient (Wildman–Crippen LogP) is 1.62. The van der Waals surface area contributed by atoms with Gasteiger partial charge in [-0.25, -0.2) is 0 Å². The van der Waals surface area contributed by atoms with Crippen molar-refractivity contribution in [3.63, 3.8) is 0 Å². The van der Waals surface area contributed by atoms with Gasteiger partial charge in [0.25, 0.3) is 0 Å². The summed E-state index contributed by atoms with van der Waals surface area (Å²) in [5.74, 6) is -0.139. The summed E-state index contributed by atoms with van der Waals surface area (Å²) in [6.45, 7) is 4.81. The molecule has 4 heteroatoms. The van der Waals surface area contributed by atoms with Crippen molar-refractivity contribution in [3.8, 4) is 0 Å². The highest BCUT2D eigenvalue weighted by Gasteiger charge is 2.01. The van der Waals surface area contributed by atoms with Crippen LogP contribution in [0.2, 0.25) is 0 Å². The van der Waals surface area contributed by atoms with Crippen molar-refractivity contribution < 1.29 is 14.3 Å². The molecule has 0 aromatic heterocycles. The first-order valence-corrected chi connectivity index (χ1v) is 4.70. The summed E-state index contributed by atoms with van der Waals surface area (Å²) in [6, 6.07) is 0. The Balaban J connectivity index is 3.17. The van der Waals surface area contributed by atoms with Crippen LogP contribution in [-0.2, 0) is 9.53 Å². The van der Waals surface area contributed by atoms with Crippen molar-refractivity contribution in [1.82, 2.24) is 0 Å². The molecule has 0 aliphatic rings. The Morgan fingerprint density at radius 3 is 2.86 bits per heavy atom. The van der Waals surface area contributed by atoms with Crippen LogP contribution in [0.1, 0.15) is 25.7 Å². The van der Waals surface area contributed by atoms with E-state index in [4.69, 9.17) is 10.3 Å². The number of carbonyl (C=O) groups is 1. The minimum absolute atomic E-state index is 0.139. The number of hydrogen-bond donors (Lipinski definition) is 0. The topological polar surface area (TPSA) is 62.7 Å². The largest absolute Gasteiger partial charge is 0.377 e. The first kappa shape index (κ1) is 12.8. The number of ether oxygens (including phenoxy) is 1. The molecule has 4 nitrogen and oxygen atoms in total. The van der Waals surface area contributed by atoms with Gasteiger partial charge in [-0.15, -0.1) is 6.58 Å².